The van der Waals surface area contributed by atoms with Crippen LogP contribution in [-0.2, 0) is 4.79 Å². The van der Waals surface area contributed by atoms with E-state index in [1.165, 1.54) is 83.6 Å². The molecule has 0 spiro atoms. The van der Waals surface area contributed by atoms with Gasteiger partial charge < -0.3 is 0 Å². The van der Waals surface area contributed by atoms with E-state index in [1.54, 1.807) is 0 Å². The van der Waals surface area contributed by atoms with Crippen molar-refractivity contribution in [2.75, 3.05) is 6.54 Å². The Bertz CT molecular complexity index is 309. The number of ketones is 1. The van der Waals surface area contributed by atoms with Gasteiger partial charge in [0.1, 0.15) is 5.78 Å². The second-order valence-electron chi connectivity index (χ2n) is 8.25. The summed E-state index contributed by atoms with van der Waals surface area (Å²) < 4.78 is 0. The molecule has 2 aliphatic carbocycles. The second kappa shape index (κ2) is 10.5. The monoisotopic (exact) mass is 321 g/mol. The zero-order valence-corrected chi connectivity index (χ0v) is 15.7. The van der Waals surface area contributed by atoms with Crippen LogP contribution in [0.2, 0.25) is 0 Å². The highest BCUT2D eigenvalue weighted by atomic mass is 16.1. The Hall–Kier alpha value is -0.370. The summed E-state index contributed by atoms with van der Waals surface area (Å²) in [6, 6.07) is 1.73. The number of hydrogen-bond acceptors (Lipinski definition) is 2. The fourth-order valence-corrected chi connectivity index (χ4v) is 4.55. The maximum Gasteiger partial charge on any atom is 0.135 e. The maximum absolute atomic E-state index is 11.7. The molecule has 2 aliphatic rings. The molecule has 2 nitrogen and oxygen atoms in total. The minimum atomic E-state index is 0.218. The van der Waals surface area contributed by atoms with E-state index in [0.29, 0.717) is 5.78 Å². The lowest BCUT2D eigenvalue weighted by atomic mass is 9.88. The number of carbonyl (C=O) groups excluding carboxylic acids is 1. The SMILES string of the molecule is CC(C)C(=O)CCCCCN(C1CCCCC1)C1CCCCC1. The minimum Gasteiger partial charge on any atom is -0.299 e. The van der Waals surface area contributed by atoms with Crippen LogP contribution in [-0.4, -0.2) is 29.3 Å². The summed E-state index contributed by atoms with van der Waals surface area (Å²) in [7, 11) is 0. The van der Waals surface area contributed by atoms with Crippen molar-refractivity contribution >= 4 is 5.78 Å². The third-order valence-electron chi connectivity index (χ3n) is 6.07. The Morgan fingerprint density at radius 1 is 0.826 bits per heavy atom. The van der Waals surface area contributed by atoms with E-state index in [2.05, 4.69) is 4.90 Å². The smallest absolute Gasteiger partial charge is 0.135 e. The van der Waals surface area contributed by atoms with E-state index in [1.807, 2.05) is 13.8 Å². The summed E-state index contributed by atoms with van der Waals surface area (Å²) in [6.45, 7) is 5.33. The Kier molecular flexibility index (Phi) is 8.64. The number of hydrogen-bond donors (Lipinski definition) is 0. The molecule has 0 N–H and O–H groups in total. The molecule has 2 rings (SSSR count). The molecule has 2 saturated carbocycles. The molecule has 0 heterocycles. The zero-order valence-electron chi connectivity index (χ0n) is 15.7. The number of rotatable bonds is 9. The van der Waals surface area contributed by atoms with Gasteiger partial charge >= 0.3 is 0 Å². The van der Waals surface area contributed by atoms with Gasteiger partial charge in [0.15, 0.2) is 0 Å². The Morgan fingerprint density at radius 3 is 1.83 bits per heavy atom. The first-order valence-corrected chi connectivity index (χ1v) is 10.5. The first kappa shape index (κ1) is 19.0. The van der Waals surface area contributed by atoms with Crippen molar-refractivity contribution in [3.05, 3.63) is 0 Å². The Labute approximate surface area is 144 Å². The van der Waals surface area contributed by atoms with Crippen LogP contribution in [0.25, 0.3) is 0 Å². The number of carbonyl (C=O) groups is 1. The van der Waals surface area contributed by atoms with Crippen molar-refractivity contribution in [2.24, 2.45) is 5.92 Å². The van der Waals surface area contributed by atoms with Gasteiger partial charge in [-0.2, -0.15) is 0 Å². The second-order valence-corrected chi connectivity index (χ2v) is 8.25. The molecular formula is C21H39NO. The highest BCUT2D eigenvalue weighted by Crippen LogP contribution is 2.30. The van der Waals surface area contributed by atoms with E-state index in [0.717, 1.165) is 24.9 Å². The van der Waals surface area contributed by atoms with Gasteiger partial charge in [-0.15, -0.1) is 0 Å². The van der Waals surface area contributed by atoms with E-state index < -0.39 is 0 Å². The van der Waals surface area contributed by atoms with E-state index in [-0.39, 0.29) is 5.92 Å². The molecule has 0 unspecified atom stereocenters. The average molecular weight is 322 g/mol. The van der Waals surface area contributed by atoms with Crippen molar-refractivity contribution in [1.29, 1.82) is 0 Å². The standard InChI is InChI=1S/C21H39NO/c1-18(2)21(23)16-10-5-11-17-22(19-12-6-3-7-13-19)20-14-8-4-9-15-20/h18-20H,3-17H2,1-2H3. The van der Waals surface area contributed by atoms with Crippen molar-refractivity contribution in [3.8, 4) is 0 Å². The van der Waals surface area contributed by atoms with Crippen LogP contribution >= 0.6 is 0 Å². The Balaban J connectivity index is 1.74. The first-order valence-electron chi connectivity index (χ1n) is 10.5. The van der Waals surface area contributed by atoms with Crippen LogP contribution < -0.4 is 0 Å². The van der Waals surface area contributed by atoms with E-state index in [4.69, 9.17) is 0 Å². The third-order valence-corrected chi connectivity index (χ3v) is 6.07. The zero-order chi connectivity index (χ0) is 16.5. The molecule has 134 valence electrons. The highest BCUT2D eigenvalue weighted by Gasteiger charge is 2.28. The van der Waals surface area contributed by atoms with Crippen LogP contribution in [0.3, 0.4) is 0 Å². The lowest BCUT2D eigenvalue weighted by Crippen LogP contribution is -2.45. The van der Waals surface area contributed by atoms with Crippen molar-refractivity contribution in [1.82, 2.24) is 4.90 Å². The van der Waals surface area contributed by atoms with Crippen molar-refractivity contribution in [3.63, 3.8) is 0 Å². The molecule has 0 aromatic carbocycles. The molecule has 2 fully saturated rings. The summed E-state index contributed by atoms with van der Waals surface area (Å²) in [5.41, 5.74) is 0. The molecule has 0 aromatic heterocycles. The van der Waals surface area contributed by atoms with Gasteiger partial charge in [0.25, 0.3) is 0 Å². The maximum atomic E-state index is 11.7. The Morgan fingerprint density at radius 2 is 1.35 bits per heavy atom. The van der Waals surface area contributed by atoms with Gasteiger partial charge in [-0.05, 0) is 45.1 Å². The lowest BCUT2D eigenvalue weighted by Gasteiger charge is -2.41. The fraction of sp³-hybridized carbons (Fsp3) is 0.952. The van der Waals surface area contributed by atoms with Crippen LogP contribution in [0, 0.1) is 5.92 Å². The molecule has 0 aliphatic heterocycles. The summed E-state index contributed by atoms with van der Waals surface area (Å²) >= 11 is 0. The lowest BCUT2D eigenvalue weighted by molar-refractivity contribution is -0.122. The molecule has 0 bridgehead atoms. The summed E-state index contributed by atoms with van der Waals surface area (Å²) in [5.74, 6) is 0.664. The normalized spacial score (nSPS) is 21.2. The highest BCUT2D eigenvalue weighted by molar-refractivity contribution is 5.80. The molecule has 0 amide bonds. The van der Waals surface area contributed by atoms with Gasteiger partial charge in [-0.3, -0.25) is 9.69 Å². The number of nitrogens with zero attached hydrogens (tertiary/aromatic N) is 1. The van der Waals surface area contributed by atoms with Crippen LogP contribution in [0.4, 0.5) is 0 Å². The van der Waals surface area contributed by atoms with Crippen LogP contribution in [0.15, 0.2) is 0 Å². The topological polar surface area (TPSA) is 20.3 Å². The first-order chi connectivity index (χ1) is 11.2. The number of Topliss-reactive ketones (excluding diaryl/α,β-unsaturated/α-hetero) is 1. The summed E-state index contributed by atoms with van der Waals surface area (Å²) in [5, 5.41) is 0. The molecule has 0 aromatic rings. The van der Waals surface area contributed by atoms with Crippen LogP contribution in [0.1, 0.15) is 104 Å². The van der Waals surface area contributed by atoms with Gasteiger partial charge in [0.05, 0.1) is 0 Å². The summed E-state index contributed by atoms with van der Waals surface area (Å²) in [6.07, 6.45) is 18.8. The molecular weight excluding hydrogens is 282 g/mol. The quantitative estimate of drug-likeness (QED) is 0.505. The predicted molar refractivity (Wildman–Crippen MR) is 98.8 cm³/mol. The minimum absolute atomic E-state index is 0.218. The van der Waals surface area contributed by atoms with Gasteiger partial charge in [0.2, 0.25) is 0 Å². The molecule has 0 atom stereocenters. The molecule has 0 saturated heterocycles. The molecule has 0 radical (unpaired) electrons. The van der Waals surface area contributed by atoms with Gasteiger partial charge in [-0.1, -0.05) is 58.8 Å². The number of unbranched alkanes of at least 4 members (excludes halogenated alkanes) is 2. The van der Waals surface area contributed by atoms with Crippen molar-refractivity contribution in [2.45, 2.75) is 116 Å². The molecule has 23 heavy (non-hydrogen) atoms. The van der Waals surface area contributed by atoms with Crippen molar-refractivity contribution < 1.29 is 4.79 Å². The average Bonchev–Trinajstić information content (AvgIpc) is 2.59. The van der Waals surface area contributed by atoms with E-state index in [9.17, 15) is 4.79 Å². The predicted octanol–water partition coefficient (Wildman–Crippen LogP) is 5.74. The fourth-order valence-electron chi connectivity index (χ4n) is 4.55. The largest absolute Gasteiger partial charge is 0.299 e. The van der Waals surface area contributed by atoms with E-state index >= 15 is 0 Å². The van der Waals surface area contributed by atoms with Crippen LogP contribution in [0.5, 0.6) is 0 Å². The van der Waals surface area contributed by atoms with Gasteiger partial charge in [0, 0.05) is 24.4 Å². The summed E-state index contributed by atoms with van der Waals surface area (Å²) in [4.78, 5) is 14.6. The third kappa shape index (κ3) is 6.57. The molecule has 2 heteroatoms. The van der Waals surface area contributed by atoms with Gasteiger partial charge in [-0.25, -0.2) is 0 Å².